The average molecular weight is 363 g/mol. The monoisotopic (exact) mass is 363 g/mol. The highest BCUT2D eigenvalue weighted by atomic mass is 16.5. The number of allylic oxidation sites excluding steroid dienone is 2. The van der Waals surface area contributed by atoms with Gasteiger partial charge in [0.25, 0.3) is 0 Å². The minimum Gasteiger partial charge on any atom is -0.402 e. The molecule has 3 aromatic rings. The first kappa shape index (κ1) is 17.5. The van der Waals surface area contributed by atoms with Crippen LogP contribution in [0.2, 0.25) is 0 Å². The van der Waals surface area contributed by atoms with Gasteiger partial charge in [0.05, 0.1) is 16.7 Å². The molecule has 0 spiro atoms. The molecule has 27 heavy (non-hydrogen) atoms. The summed E-state index contributed by atoms with van der Waals surface area (Å²) in [5, 5.41) is 12.4. The van der Waals surface area contributed by atoms with Crippen LogP contribution in [0.4, 0.5) is 0 Å². The van der Waals surface area contributed by atoms with Crippen molar-refractivity contribution in [1.29, 1.82) is 5.41 Å². The Bertz CT molecular complexity index is 1090. The van der Waals surface area contributed by atoms with Crippen LogP contribution in [0.1, 0.15) is 55.4 Å². The third-order valence-corrected chi connectivity index (χ3v) is 5.31. The Kier molecular flexibility index (Phi) is 3.94. The third kappa shape index (κ3) is 2.76. The van der Waals surface area contributed by atoms with Crippen molar-refractivity contribution in [2.75, 3.05) is 0 Å². The normalized spacial score (nSPS) is 15.3. The summed E-state index contributed by atoms with van der Waals surface area (Å²) in [6.07, 6.45) is 2.37. The largest absolute Gasteiger partial charge is 0.402 e. The number of fused-ring (bicyclic) bond motifs is 1. The number of hydrogen-bond acceptors (Lipinski definition) is 5. The summed E-state index contributed by atoms with van der Waals surface area (Å²) in [5.74, 6) is 2.42. The van der Waals surface area contributed by atoms with E-state index in [1.165, 1.54) is 12.8 Å². The Hall–Kier alpha value is -2.89. The predicted octanol–water partition coefficient (Wildman–Crippen LogP) is 4.45. The van der Waals surface area contributed by atoms with Crippen LogP contribution in [0.15, 0.2) is 22.4 Å². The number of aryl methyl sites for hydroxylation is 3. The second-order valence-electron chi connectivity index (χ2n) is 7.58. The van der Waals surface area contributed by atoms with Crippen LogP contribution in [0.25, 0.3) is 27.7 Å². The van der Waals surface area contributed by atoms with E-state index >= 15 is 0 Å². The van der Waals surface area contributed by atoms with E-state index in [2.05, 4.69) is 28.9 Å². The maximum absolute atomic E-state index is 8.30. The molecule has 6 nitrogen and oxygen atoms in total. The second kappa shape index (κ2) is 6.08. The van der Waals surface area contributed by atoms with Gasteiger partial charge in [0, 0.05) is 41.1 Å². The number of nitrogens with one attached hydrogen (secondary N) is 1. The molecule has 0 unspecified atom stereocenters. The Labute approximate surface area is 158 Å². The standard InChI is InChI=1S/C21H25N5O/c1-10(22)18(11(2)23)16-8-15(19-12(3)25-27-13(19)4)9-17-20(16)26(5)21(24-17)14-6-7-14/h8-9,14,22H,6-7,23H2,1-5H3/b18-11+,22-10?. The van der Waals surface area contributed by atoms with E-state index in [1.807, 2.05) is 20.8 Å². The Morgan fingerprint density at radius 3 is 2.48 bits per heavy atom. The van der Waals surface area contributed by atoms with Gasteiger partial charge in [0.1, 0.15) is 11.6 Å². The van der Waals surface area contributed by atoms with Gasteiger partial charge in [-0.25, -0.2) is 4.98 Å². The van der Waals surface area contributed by atoms with Gasteiger partial charge in [-0.3, -0.25) is 0 Å². The van der Waals surface area contributed by atoms with Crippen molar-refractivity contribution in [1.82, 2.24) is 14.7 Å². The van der Waals surface area contributed by atoms with Crippen LogP contribution >= 0.6 is 0 Å². The average Bonchev–Trinajstić information content (AvgIpc) is 3.29. The summed E-state index contributed by atoms with van der Waals surface area (Å²) >= 11 is 0. The van der Waals surface area contributed by atoms with Crippen molar-refractivity contribution >= 4 is 22.3 Å². The maximum atomic E-state index is 8.30. The molecule has 6 heteroatoms. The molecule has 0 saturated heterocycles. The second-order valence-corrected chi connectivity index (χ2v) is 7.58. The molecule has 2 heterocycles. The molecule has 4 rings (SSSR count). The highest BCUT2D eigenvalue weighted by Crippen LogP contribution is 2.42. The molecule has 0 bridgehead atoms. The lowest BCUT2D eigenvalue weighted by Gasteiger charge is -2.14. The summed E-state index contributed by atoms with van der Waals surface area (Å²) in [7, 11) is 2.06. The zero-order chi connectivity index (χ0) is 19.5. The lowest BCUT2D eigenvalue weighted by Crippen LogP contribution is -2.07. The van der Waals surface area contributed by atoms with Gasteiger partial charge in [-0.2, -0.15) is 0 Å². The van der Waals surface area contributed by atoms with E-state index in [1.54, 1.807) is 6.92 Å². The molecular formula is C21H25N5O. The topological polar surface area (TPSA) is 93.7 Å². The molecule has 140 valence electrons. The summed E-state index contributed by atoms with van der Waals surface area (Å²) in [6, 6.07) is 4.19. The van der Waals surface area contributed by atoms with E-state index < -0.39 is 0 Å². The van der Waals surface area contributed by atoms with Crippen LogP contribution < -0.4 is 5.73 Å². The van der Waals surface area contributed by atoms with Crippen LogP contribution in [0.5, 0.6) is 0 Å². The van der Waals surface area contributed by atoms with Crippen molar-refractivity contribution in [2.24, 2.45) is 12.8 Å². The number of nitrogens with zero attached hydrogens (tertiary/aromatic N) is 3. The summed E-state index contributed by atoms with van der Waals surface area (Å²) < 4.78 is 7.55. The van der Waals surface area contributed by atoms with E-state index in [-0.39, 0.29) is 0 Å². The fourth-order valence-electron chi connectivity index (χ4n) is 4.02. The summed E-state index contributed by atoms with van der Waals surface area (Å²) in [4.78, 5) is 4.94. The number of nitrogens with two attached hydrogens (primary N) is 1. The van der Waals surface area contributed by atoms with E-state index in [0.717, 1.165) is 50.6 Å². The van der Waals surface area contributed by atoms with Crippen molar-refractivity contribution in [2.45, 2.75) is 46.5 Å². The number of benzene rings is 1. The van der Waals surface area contributed by atoms with Gasteiger partial charge in [-0.05, 0) is 58.2 Å². The quantitative estimate of drug-likeness (QED) is 0.670. The van der Waals surface area contributed by atoms with Gasteiger partial charge in [-0.1, -0.05) is 5.16 Å². The van der Waals surface area contributed by atoms with Gasteiger partial charge < -0.3 is 20.2 Å². The van der Waals surface area contributed by atoms with Gasteiger partial charge in [-0.15, -0.1) is 0 Å². The fourth-order valence-corrected chi connectivity index (χ4v) is 4.02. The van der Waals surface area contributed by atoms with Gasteiger partial charge >= 0.3 is 0 Å². The fraction of sp³-hybridized carbons (Fsp3) is 0.381. The van der Waals surface area contributed by atoms with Gasteiger partial charge in [0.2, 0.25) is 0 Å². The minimum atomic E-state index is 0.446. The number of hydrogen-bond donors (Lipinski definition) is 2. The molecule has 3 N–H and O–H groups in total. The van der Waals surface area contributed by atoms with Crippen molar-refractivity contribution in [3.63, 3.8) is 0 Å². The Morgan fingerprint density at radius 1 is 1.26 bits per heavy atom. The Balaban J connectivity index is 2.09. The minimum absolute atomic E-state index is 0.446. The van der Waals surface area contributed by atoms with Crippen molar-refractivity contribution in [3.8, 4) is 11.1 Å². The van der Waals surface area contributed by atoms with Crippen LogP contribution in [0.3, 0.4) is 0 Å². The number of aromatic nitrogens is 3. The molecule has 2 aromatic heterocycles. The van der Waals surface area contributed by atoms with E-state index in [9.17, 15) is 0 Å². The zero-order valence-electron chi connectivity index (χ0n) is 16.5. The molecule has 0 radical (unpaired) electrons. The highest BCUT2D eigenvalue weighted by Gasteiger charge is 2.30. The van der Waals surface area contributed by atoms with Crippen molar-refractivity contribution in [3.05, 3.63) is 40.7 Å². The molecule has 1 aliphatic carbocycles. The lowest BCUT2D eigenvalue weighted by molar-refractivity contribution is 0.393. The summed E-state index contributed by atoms with van der Waals surface area (Å²) in [6.45, 7) is 7.48. The first-order chi connectivity index (χ1) is 12.8. The smallest absolute Gasteiger partial charge is 0.141 e. The predicted molar refractivity (Wildman–Crippen MR) is 108 cm³/mol. The summed E-state index contributed by atoms with van der Waals surface area (Å²) in [5.41, 5.74) is 13.7. The van der Waals surface area contributed by atoms with Crippen LogP contribution in [-0.4, -0.2) is 20.4 Å². The van der Waals surface area contributed by atoms with E-state index in [4.69, 9.17) is 20.7 Å². The number of rotatable bonds is 4. The molecule has 1 aliphatic rings. The van der Waals surface area contributed by atoms with Crippen LogP contribution in [0, 0.1) is 19.3 Å². The third-order valence-electron chi connectivity index (χ3n) is 5.31. The zero-order valence-corrected chi connectivity index (χ0v) is 16.5. The van der Waals surface area contributed by atoms with Crippen molar-refractivity contribution < 1.29 is 4.52 Å². The Morgan fingerprint density at radius 2 is 1.96 bits per heavy atom. The highest BCUT2D eigenvalue weighted by molar-refractivity contribution is 6.24. The maximum Gasteiger partial charge on any atom is 0.141 e. The first-order valence-electron chi connectivity index (χ1n) is 9.25. The van der Waals surface area contributed by atoms with E-state index in [0.29, 0.717) is 17.3 Å². The van der Waals surface area contributed by atoms with Crippen LogP contribution in [-0.2, 0) is 7.05 Å². The molecular weight excluding hydrogens is 338 g/mol. The molecule has 1 aromatic carbocycles. The SMILES string of the molecule is CC(=N)/C(=C(/C)N)c1cc(-c2c(C)noc2C)cc2nc(C3CC3)n(C)c12. The number of imidazole rings is 1. The van der Waals surface area contributed by atoms with Gasteiger partial charge in [0.15, 0.2) is 0 Å². The first-order valence-corrected chi connectivity index (χ1v) is 9.25. The molecule has 0 amide bonds. The molecule has 1 saturated carbocycles. The molecule has 1 fully saturated rings. The molecule has 0 aliphatic heterocycles. The lowest BCUT2D eigenvalue weighted by atomic mass is 9.93. The molecule has 0 atom stereocenters.